The van der Waals surface area contributed by atoms with Crippen molar-refractivity contribution in [1.29, 1.82) is 0 Å². The molecule has 1 heterocycles. The third-order valence-corrected chi connectivity index (χ3v) is 3.18. The summed E-state index contributed by atoms with van der Waals surface area (Å²) in [4.78, 5) is 4.40. The number of thiol groups is 1. The highest BCUT2D eigenvalue weighted by atomic mass is 35.5. The summed E-state index contributed by atoms with van der Waals surface area (Å²) in [6.45, 7) is 6.50. The largest absolute Gasteiger partial charge is 0.357 e. The van der Waals surface area contributed by atoms with Gasteiger partial charge >= 0.3 is 0 Å². The average Bonchev–Trinajstić information content (AvgIpc) is 2.43. The molecule has 0 amide bonds. The zero-order valence-electron chi connectivity index (χ0n) is 9.06. The van der Waals surface area contributed by atoms with Gasteiger partial charge in [-0.3, -0.25) is 0 Å². The van der Waals surface area contributed by atoms with Crippen LogP contribution in [0.4, 0.5) is 0 Å². The monoisotopic (exact) mass is 239 g/mol. The topological polar surface area (TPSA) is 15.8 Å². The Kier molecular flexibility index (Phi) is 2.52. The van der Waals surface area contributed by atoms with E-state index in [-0.39, 0.29) is 5.41 Å². The van der Waals surface area contributed by atoms with E-state index in [4.69, 9.17) is 11.6 Å². The molecule has 0 spiro atoms. The molecule has 1 aromatic carbocycles. The normalized spacial score (nSPS) is 12.3. The van der Waals surface area contributed by atoms with Crippen molar-refractivity contribution in [3.05, 3.63) is 28.9 Å². The number of nitrogens with one attached hydrogen (secondary N) is 1. The summed E-state index contributed by atoms with van der Waals surface area (Å²) in [6.07, 6.45) is 0. The van der Waals surface area contributed by atoms with E-state index in [1.54, 1.807) is 0 Å². The molecule has 0 saturated heterocycles. The predicted octanol–water partition coefficient (Wildman–Crippen LogP) is 4.41. The zero-order chi connectivity index (χ0) is 11.2. The Bertz CT molecular complexity index is 508. The molecule has 1 aromatic heterocycles. The minimum atomic E-state index is 0.0720. The van der Waals surface area contributed by atoms with Crippen molar-refractivity contribution in [3.63, 3.8) is 0 Å². The van der Waals surface area contributed by atoms with E-state index in [1.807, 2.05) is 18.2 Å². The molecule has 15 heavy (non-hydrogen) atoms. The molecule has 0 fully saturated rings. The van der Waals surface area contributed by atoms with Crippen molar-refractivity contribution in [2.24, 2.45) is 0 Å². The van der Waals surface area contributed by atoms with E-state index < -0.39 is 0 Å². The summed E-state index contributed by atoms with van der Waals surface area (Å²) in [5, 5.41) is 1.84. The van der Waals surface area contributed by atoms with Crippen LogP contribution in [0, 0.1) is 0 Å². The molecule has 2 aromatic rings. The van der Waals surface area contributed by atoms with Gasteiger partial charge in [0.15, 0.2) is 0 Å². The van der Waals surface area contributed by atoms with Crippen LogP contribution in [0.1, 0.15) is 26.5 Å². The van der Waals surface area contributed by atoms with Gasteiger partial charge in [-0.2, -0.15) is 0 Å². The van der Waals surface area contributed by atoms with E-state index in [2.05, 4.69) is 38.4 Å². The van der Waals surface area contributed by atoms with Gasteiger partial charge in [-0.05, 0) is 18.2 Å². The highest BCUT2D eigenvalue weighted by molar-refractivity contribution is 7.80. The maximum atomic E-state index is 5.97. The average molecular weight is 240 g/mol. The lowest BCUT2D eigenvalue weighted by atomic mass is 9.92. The molecule has 0 unspecified atom stereocenters. The Labute approximate surface area is 100 Å². The zero-order valence-corrected chi connectivity index (χ0v) is 10.7. The van der Waals surface area contributed by atoms with Crippen LogP contribution < -0.4 is 0 Å². The molecular formula is C12H14ClNS. The molecule has 0 saturated carbocycles. The molecule has 3 heteroatoms. The Morgan fingerprint density at radius 2 is 1.93 bits per heavy atom. The maximum Gasteiger partial charge on any atom is 0.0468 e. The molecule has 0 aliphatic rings. The van der Waals surface area contributed by atoms with Crippen molar-refractivity contribution >= 4 is 35.1 Å². The fourth-order valence-electron chi connectivity index (χ4n) is 1.69. The van der Waals surface area contributed by atoms with Gasteiger partial charge in [0, 0.05) is 31.9 Å². The molecule has 80 valence electrons. The van der Waals surface area contributed by atoms with Crippen LogP contribution in [0.2, 0.25) is 5.02 Å². The van der Waals surface area contributed by atoms with Crippen molar-refractivity contribution < 1.29 is 0 Å². The summed E-state index contributed by atoms with van der Waals surface area (Å²) >= 11 is 10.5. The van der Waals surface area contributed by atoms with Crippen molar-refractivity contribution in [3.8, 4) is 0 Å². The highest BCUT2D eigenvalue weighted by Crippen LogP contribution is 2.34. The van der Waals surface area contributed by atoms with E-state index in [9.17, 15) is 0 Å². The van der Waals surface area contributed by atoms with Crippen LogP contribution in [0.3, 0.4) is 0 Å². The van der Waals surface area contributed by atoms with Gasteiger partial charge in [0.2, 0.25) is 0 Å². The molecule has 0 aliphatic heterocycles. The van der Waals surface area contributed by atoms with Crippen LogP contribution in [-0.4, -0.2) is 4.98 Å². The van der Waals surface area contributed by atoms with E-state index >= 15 is 0 Å². The number of H-pyrrole nitrogens is 1. The van der Waals surface area contributed by atoms with Gasteiger partial charge in [0.25, 0.3) is 0 Å². The minimum absolute atomic E-state index is 0.0720. The third kappa shape index (κ3) is 1.88. The number of aromatic nitrogens is 1. The lowest BCUT2D eigenvalue weighted by molar-refractivity contribution is 0.563. The van der Waals surface area contributed by atoms with Crippen LogP contribution in [-0.2, 0) is 5.41 Å². The molecule has 0 atom stereocenters. The summed E-state index contributed by atoms with van der Waals surface area (Å²) in [5.41, 5.74) is 2.32. The van der Waals surface area contributed by atoms with Crippen LogP contribution >= 0.6 is 24.2 Å². The van der Waals surface area contributed by atoms with Gasteiger partial charge in [-0.25, -0.2) is 0 Å². The number of rotatable bonds is 0. The Morgan fingerprint density at radius 1 is 1.27 bits per heavy atom. The van der Waals surface area contributed by atoms with Gasteiger partial charge in [0.1, 0.15) is 0 Å². The van der Waals surface area contributed by atoms with E-state index in [1.165, 1.54) is 0 Å². The SMILES string of the molecule is CC(C)(C)c1[nH]c2ccc(Cl)cc2c1S. The second-order valence-electron chi connectivity index (χ2n) is 4.79. The van der Waals surface area contributed by atoms with Crippen molar-refractivity contribution in [2.45, 2.75) is 31.1 Å². The highest BCUT2D eigenvalue weighted by Gasteiger charge is 2.20. The summed E-state index contributed by atoms with van der Waals surface area (Å²) in [5.74, 6) is 0. The second kappa shape index (κ2) is 3.46. The molecule has 1 nitrogen and oxygen atoms in total. The standard InChI is InChI=1S/C12H14ClNS/c1-12(2,3)11-10(15)8-6-7(13)4-5-9(8)14-11/h4-6,14-15H,1-3H3. The first-order valence-electron chi connectivity index (χ1n) is 4.90. The molecule has 0 aliphatic carbocycles. The lowest BCUT2D eigenvalue weighted by Gasteiger charge is -2.17. The first-order valence-corrected chi connectivity index (χ1v) is 5.73. The number of hydrogen-bond acceptors (Lipinski definition) is 1. The quantitative estimate of drug-likeness (QED) is 0.634. The number of aromatic amines is 1. The predicted molar refractivity (Wildman–Crippen MR) is 69.3 cm³/mol. The molecular weight excluding hydrogens is 226 g/mol. The smallest absolute Gasteiger partial charge is 0.0468 e. The van der Waals surface area contributed by atoms with Gasteiger partial charge in [-0.15, -0.1) is 12.6 Å². The minimum Gasteiger partial charge on any atom is -0.357 e. The third-order valence-electron chi connectivity index (χ3n) is 2.48. The molecule has 0 bridgehead atoms. The first kappa shape index (κ1) is 10.9. The number of fused-ring (bicyclic) bond motifs is 1. The molecule has 1 N–H and O–H groups in total. The number of hydrogen-bond donors (Lipinski definition) is 2. The Morgan fingerprint density at radius 3 is 2.53 bits per heavy atom. The fourth-order valence-corrected chi connectivity index (χ4v) is 2.44. The van der Waals surface area contributed by atoms with Crippen molar-refractivity contribution in [2.75, 3.05) is 0 Å². The van der Waals surface area contributed by atoms with E-state index in [0.717, 1.165) is 26.5 Å². The van der Waals surface area contributed by atoms with Gasteiger partial charge in [-0.1, -0.05) is 32.4 Å². The fraction of sp³-hybridized carbons (Fsp3) is 0.333. The van der Waals surface area contributed by atoms with E-state index in [0.29, 0.717) is 0 Å². The number of benzene rings is 1. The van der Waals surface area contributed by atoms with Gasteiger partial charge < -0.3 is 4.98 Å². The van der Waals surface area contributed by atoms with Crippen LogP contribution in [0.15, 0.2) is 23.1 Å². The summed E-state index contributed by atoms with van der Waals surface area (Å²) in [6, 6.07) is 5.83. The summed E-state index contributed by atoms with van der Waals surface area (Å²) in [7, 11) is 0. The van der Waals surface area contributed by atoms with Crippen molar-refractivity contribution in [1.82, 2.24) is 4.98 Å². The Balaban J connectivity index is 2.76. The van der Waals surface area contributed by atoms with Gasteiger partial charge in [0.05, 0.1) is 0 Å². The lowest BCUT2D eigenvalue weighted by Crippen LogP contribution is -2.12. The first-order chi connectivity index (χ1) is 6.89. The second-order valence-corrected chi connectivity index (χ2v) is 5.67. The van der Waals surface area contributed by atoms with Crippen LogP contribution in [0.25, 0.3) is 10.9 Å². The maximum absolute atomic E-state index is 5.97. The molecule has 0 radical (unpaired) electrons. The number of halogens is 1. The molecule has 2 rings (SSSR count). The Hall–Kier alpha value is -0.600. The van der Waals surface area contributed by atoms with Crippen LogP contribution in [0.5, 0.6) is 0 Å². The summed E-state index contributed by atoms with van der Waals surface area (Å²) < 4.78 is 0.